The highest BCUT2D eigenvalue weighted by atomic mass is 79.9. The van der Waals surface area contributed by atoms with Gasteiger partial charge in [-0.3, -0.25) is 4.79 Å². The van der Waals surface area contributed by atoms with Crippen LogP contribution in [0.15, 0.2) is 53.0 Å². The molecular formula is C15H13BrClNO3S. The van der Waals surface area contributed by atoms with Crippen LogP contribution in [0.4, 0.5) is 5.69 Å². The molecule has 2 aromatic carbocycles. The van der Waals surface area contributed by atoms with Gasteiger partial charge in [0.05, 0.1) is 10.8 Å². The molecule has 0 aliphatic carbocycles. The van der Waals surface area contributed by atoms with Gasteiger partial charge >= 0.3 is 0 Å². The molecule has 116 valence electrons. The van der Waals surface area contributed by atoms with Crippen LogP contribution in [-0.2, 0) is 20.4 Å². The quantitative estimate of drug-likeness (QED) is 0.830. The summed E-state index contributed by atoms with van der Waals surface area (Å²) < 4.78 is 24.8. The van der Waals surface area contributed by atoms with Crippen molar-refractivity contribution in [3.63, 3.8) is 0 Å². The minimum atomic E-state index is -3.53. The molecule has 0 fully saturated rings. The minimum Gasteiger partial charge on any atom is -0.325 e. The number of hydrogen-bond acceptors (Lipinski definition) is 3. The van der Waals surface area contributed by atoms with E-state index in [9.17, 15) is 13.2 Å². The van der Waals surface area contributed by atoms with Crippen molar-refractivity contribution in [2.75, 3.05) is 11.1 Å². The Hall–Kier alpha value is -1.37. The van der Waals surface area contributed by atoms with Crippen molar-refractivity contribution < 1.29 is 13.2 Å². The zero-order valence-corrected chi connectivity index (χ0v) is 14.6. The van der Waals surface area contributed by atoms with Crippen LogP contribution in [-0.4, -0.2) is 20.1 Å². The third-order valence-corrected chi connectivity index (χ3v) is 5.49. The topological polar surface area (TPSA) is 63.2 Å². The fraction of sp³-hybridized carbons (Fsp3) is 0.133. The summed E-state index contributed by atoms with van der Waals surface area (Å²) in [5, 5.41) is 2.96. The van der Waals surface area contributed by atoms with Crippen LogP contribution in [0, 0.1) is 0 Å². The van der Waals surface area contributed by atoms with Gasteiger partial charge in [0.2, 0.25) is 5.91 Å². The van der Waals surface area contributed by atoms with E-state index in [4.69, 9.17) is 11.6 Å². The number of halogens is 2. The van der Waals surface area contributed by atoms with Crippen LogP contribution in [0.5, 0.6) is 0 Å². The number of nitrogens with one attached hydrogen (secondary N) is 1. The molecule has 0 aliphatic heterocycles. The Balaban J connectivity index is 2.00. The van der Waals surface area contributed by atoms with Crippen molar-refractivity contribution in [3.8, 4) is 0 Å². The Morgan fingerprint density at radius 1 is 1.14 bits per heavy atom. The highest BCUT2D eigenvalue weighted by Gasteiger charge is 2.17. The van der Waals surface area contributed by atoms with Crippen molar-refractivity contribution in [1.29, 1.82) is 0 Å². The predicted octanol–water partition coefficient (Wildman–Crippen LogP) is 3.66. The van der Waals surface area contributed by atoms with Crippen LogP contribution in [0.3, 0.4) is 0 Å². The van der Waals surface area contributed by atoms with E-state index in [1.807, 2.05) is 0 Å². The third-order valence-electron chi connectivity index (χ3n) is 2.78. The van der Waals surface area contributed by atoms with Gasteiger partial charge in [-0.1, -0.05) is 41.9 Å². The molecular weight excluding hydrogens is 390 g/mol. The zero-order chi connectivity index (χ0) is 16.2. The van der Waals surface area contributed by atoms with Crippen LogP contribution >= 0.6 is 27.5 Å². The molecule has 0 heterocycles. The number of sulfone groups is 1. The molecule has 22 heavy (non-hydrogen) atoms. The maximum absolute atomic E-state index is 12.0. The molecule has 0 saturated carbocycles. The molecule has 2 rings (SSSR count). The van der Waals surface area contributed by atoms with Gasteiger partial charge in [0.15, 0.2) is 9.84 Å². The van der Waals surface area contributed by atoms with E-state index in [1.165, 1.54) is 0 Å². The fourth-order valence-electron chi connectivity index (χ4n) is 1.85. The highest BCUT2D eigenvalue weighted by molar-refractivity contribution is 9.10. The monoisotopic (exact) mass is 401 g/mol. The van der Waals surface area contributed by atoms with Crippen LogP contribution < -0.4 is 5.32 Å². The van der Waals surface area contributed by atoms with Crippen LogP contribution in [0.2, 0.25) is 5.02 Å². The van der Waals surface area contributed by atoms with E-state index < -0.39 is 21.5 Å². The summed E-state index contributed by atoms with van der Waals surface area (Å²) in [6.45, 7) is 0. The molecule has 2 aromatic rings. The maximum atomic E-state index is 12.0. The van der Waals surface area contributed by atoms with Gasteiger partial charge < -0.3 is 5.32 Å². The average Bonchev–Trinajstić information content (AvgIpc) is 2.42. The molecule has 0 spiro atoms. The first kappa shape index (κ1) is 17.0. The third kappa shape index (κ3) is 5.12. The Labute approximate surface area is 142 Å². The summed E-state index contributed by atoms with van der Waals surface area (Å²) in [6.07, 6.45) is 0. The van der Waals surface area contributed by atoms with Crippen molar-refractivity contribution in [1.82, 2.24) is 0 Å². The molecule has 4 nitrogen and oxygen atoms in total. The molecule has 0 atom stereocenters. The van der Waals surface area contributed by atoms with E-state index in [2.05, 4.69) is 21.2 Å². The molecule has 0 bridgehead atoms. The first-order chi connectivity index (χ1) is 10.4. The normalized spacial score (nSPS) is 11.2. The molecule has 0 aliphatic rings. The van der Waals surface area contributed by atoms with Crippen molar-refractivity contribution in [2.45, 2.75) is 5.75 Å². The summed E-state index contributed by atoms with van der Waals surface area (Å²) >= 11 is 9.16. The minimum absolute atomic E-state index is 0.164. The second kappa shape index (κ2) is 7.26. The van der Waals surface area contributed by atoms with E-state index in [0.29, 0.717) is 20.7 Å². The van der Waals surface area contributed by atoms with Gasteiger partial charge in [0.25, 0.3) is 0 Å². The highest BCUT2D eigenvalue weighted by Crippen LogP contribution is 2.25. The Morgan fingerprint density at radius 3 is 2.45 bits per heavy atom. The first-order valence-electron chi connectivity index (χ1n) is 6.35. The second-order valence-electron chi connectivity index (χ2n) is 4.69. The van der Waals surface area contributed by atoms with E-state index >= 15 is 0 Å². The number of amides is 1. The lowest BCUT2D eigenvalue weighted by atomic mass is 10.2. The SMILES string of the molecule is O=C(CS(=O)(=O)Cc1ccccc1)Nc1ccc(Br)c(Cl)c1. The first-order valence-corrected chi connectivity index (χ1v) is 9.34. The Bertz CT molecular complexity index is 779. The average molecular weight is 403 g/mol. The van der Waals surface area contributed by atoms with Gasteiger partial charge in [-0.25, -0.2) is 8.42 Å². The molecule has 0 aromatic heterocycles. The van der Waals surface area contributed by atoms with Crippen molar-refractivity contribution in [3.05, 3.63) is 63.6 Å². The molecule has 1 amide bonds. The lowest BCUT2D eigenvalue weighted by Gasteiger charge is -2.07. The summed E-state index contributed by atoms with van der Waals surface area (Å²) in [7, 11) is -3.53. The number of anilines is 1. The number of hydrogen-bond donors (Lipinski definition) is 1. The van der Waals surface area contributed by atoms with Gasteiger partial charge in [-0.15, -0.1) is 0 Å². The van der Waals surface area contributed by atoms with E-state index in [0.717, 1.165) is 0 Å². The summed E-state index contributed by atoms with van der Waals surface area (Å²) in [5.41, 5.74) is 1.11. The van der Waals surface area contributed by atoms with Gasteiger partial charge in [0.1, 0.15) is 5.75 Å². The van der Waals surface area contributed by atoms with Crippen molar-refractivity contribution in [2.24, 2.45) is 0 Å². The lowest BCUT2D eigenvalue weighted by molar-refractivity contribution is -0.113. The van der Waals surface area contributed by atoms with Gasteiger partial charge in [-0.05, 0) is 39.7 Å². The maximum Gasteiger partial charge on any atom is 0.239 e. The van der Waals surface area contributed by atoms with Gasteiger partial charge in [0, 0.05) is 10.2 Å². The van der Waals surface area contributed by atoms with E-state index in [1.54, 1.807) is 48.5 Å². The number of carbonyl (C=O) groups is 1. The number of rotatable bonds is 5. The lowest BCUT2D eigenvalue weighted by Crippen LogP contribution is -2.23. The molecule has 0 unspecified atom stereocenters. The van der Waals surface area contributed by atoms with E-state index in [-0.39, 0.29) is 5.75 Å². The summed E-state index contributed by atoms with van der Waals surface area (Å²) in [5.74, 6) is -1.33. The zero-order valence-electron chi connectivity index (χ0n) is 11.4. The smallest absolute Gasteiger partial charge is 0.239 e. The summed E-state index contributed by atoms with van der Waals surface area (Å²) in [6, 6.07) is 13.6. The van der Waals surface area contributed by atoms with Gasteiger partial charge in [-0.2, -0.15) is 0 Å². The standard InChI is InChI=1S/C15H13BrClNO3S/c16-13-7-6-12(8-14(13)17)18-15(19)10-22(20,21)9-11-4-2-1-3-5-11/h1-8H,9-10H2,(H,18,19). The largest absolute Gasteiger partial charge is 0.325 e. The number of benzene rings is 2. The molecule has 0 saturated heterocycles. The molecule has 0 radical (unpaired) electrons. The van der Waals surface area contributed by atoms with Crippen molar-refractivity contribution >= 4 is 49.0 Å². The summed E-state index contributed by atoms with van der Waals surface area (Å²) in [4.78, 5) is 11.9. The fourth-order valence-corrected chi connectivity index (χ4v) is 3.55. The Morgan fingerprint density at radius 2 is 1.82 bits per heavy atom. The second-order valence-corrected chi connectivity index (χ2v) is 8.02. The van der Waals surface area contributed by atoms with Crippen LogP contribution in [0.1, 0.15) is 5.56 Å². The van der Waals surface area contributed by atoms with Crippen LogP contribution in [0.25, 0.3) is 0 Å². The predicted molar refractivity (Wildman–Crippen MR) is 91.7 cm³/mol. The Kier molecular flexibility index (Phi) is 5.61. The number of carbonyl (C=O) groups excluding carboxylic acids is 1. The molecule has 7 heteroatoms. The molecule has 1 N–H and O–H groups in total.